The third-order valence-electron chi connectivity index (χ3n) is 2.96. The fraction of sp³-hybridized carbons (Fsp3) is 0.286. The van der Waals surface area contributed by atoms with E-state index in [-0.39, 0.29) is 0 Å². The molecule has 6 heteroatoms. The lowest BCUT2D eigenvalue weighted by Gasteiger charge is -2.18. The summed E-state index contributed by atoms with van der Waals surface area (Å²) in [5, 5.41) is 0.764. The van der Waals surface area contributed by atoms with Gasteiger partial charge in [-0.3, -0.25) is 0 Å². The van der Waals surface area contributed by atoms with Crippen molar-refractivity contribution in [2.75, 3.05) is 20.3 Å². The zero-order valence-corrected chi connectivity index (χ0v) is 12.0. The number of hydrogen-bond acceptors (Lipinski definition) is 6. The molecule has 1 aliphatic heterocycles. The number of aromatic nitrogens is 1. The molecular formula is C14H13NO4S. The molecule has 3 rings (SSSR count). The molecule has 0 fully saturated rings. The van der Waals surface area contributed by atoms with Crippen molar-refractivity contribution in [1.82, 2.24) is 4.98 Å². The van der Waals surface area contributed by atoms with Gasteiger partial charge >= 0.3 is 5.97 Å². The first-order chi connectivity index (χ1) is 9.69. The Morgan fingerprint density at radius 2 is 2.05 bits per heavy atom. The third kappa shape index (κ3) is 2.22. The highest BCUT2D eigenvalue weighted by Crippen LogP contribution is 2.36. The van der Waals surface area contributed by atoms with Crippen molar-refractivity contribution < 1.29 is 19.0 Å². The van der Waals surface area contributed by atoms with Crippen molar-refractivity contribution in [1.29, 1.82) is 0 Å². The van der Waals surface area contributed by atoms with Crippen LogP contribution in [0.3, 0.4) is 0 Å². The molecule has 0 saturated carbocycles. The fourth-order valence-electron chi connectivity index (χ4n) is 1.98. The Hall–Kier alpha value is -2.08. The molecule has 20 heavy (non-hydrogen) atoms. The van der Waals surface area contributed by atoms with Gasteiger partial charge in [0.25, 0.3) is 0 Å². The fourth-order valence-corrected chi connectivity index (χ4v) is 2.88. The van der Waals surface area contributed by atoms with Crippen LogP contribution in [0.5, 0.6) is 11.5 Å². The Morgan fingerprint density at radius 3 is 2.80 bits per heavy atom. The quantitative estimate of drug-likeness (QED) is 0.796. The van der Waals surface area contributed by atoms with Gasteiger partial charge in [0.1, 0.15) is 18.2 Å². The number of carbonyl (C=O) groups excluding carboxylic acids is 1. The maximum atomic E-state index is 11.6. The Bertz CT molecular complexity index is 665. The topological polar surface area (TPSA) is 57.7 Å². The van der Waals surface area contributed by atoms with E-state index in [4.69, 9.17) is 14.2 Å². The van der Waals surface area contributed by atoms with E-state index in [0.717, 1.165) is 21.2 Å². The van der Waals surface area contributed by atoms with E-state index in [9.17, 15) is 4.79 Å². The SMILES string of the molecule is COC(=O)c1nc(-c2ccc3c(c2)OCCO3)sc1C. The van der Waals surface area contributed by atoms with Gasteiger partial charge in [0, 0.05) is 10.4 Å². The van der Waals surface area contributed by atoms with E-state index in [1.165, 1.54) is 18.4 Å². The van der Waals surface area contributed by atoms with E-state index in [1.807, 2.05) is 25.1 Å². The zero-order valence-electron chi connectivity index (χ0n) is 11.1. The van der Waals surface area contributed by atoms with Crippen LogP contribution in [-0.2, 0) is 4.74 Å². The first kappa shape index (κ1) is 12.9. The number of benzene rings is 1. The first-order valence-corrected chi connectivity index (χ1v) is 6.96. The van der Waals surface area contributed by atoms with Crippen molar-refractivity contribution in [3.63, 3.8) is 0 Å². The van der Waals surface area contributed by atoms with Crippen LogP contribution in [0.2, 0.25) is 0 Å². The van der Waals surface area contributed by atoms with Gasteiger partial charge in [-0.15, -0.1) is 11.3 Å². The van der Waals surface area contributed by atoms with Crippen LogP contribution in [0, 0.1) is 6.92 Å². The van der Waals surface area contributed by atoms with Crippen LogP contribution in [0.1, 0.15) is 15.4 Å². The Labute approximate surface area is 120 Å². The predicted octanol–water partition coefficient (Wildman–Crippen LogP) is 2.68. The molecule has 0 N–H and O–H groups in total. The molecule has 1 aliphatic rings. The van der Waals surface area contributed by atoms with E-state index in [0.29, 0.717) is 24.7 Å². The second-order valence-electron chi connectivity index (χ2n) is 4.27. The van der Waals surface area contributed by atoms with E-state index in [2.05, 4.69) is 4.98 Å². The molecule has 0 unspecified atom stereocenters. The van der Waals surface area contributed by atoms with Crippen molar-refractivity contribution >= 4 is 17.3 Å². The number of rotatable bonds is 2. The molecule has 104 valence electrons. The number of carbonyl (C=O) groups is 1. The molecule has 1 aromatic heterocycles. The summed E-state index contributed by atoms with van der Waals surface area (Å²) < 4.78 is 15.8. The summed E-state index contributed by atoms with van der Waals surface area (Å²) in [6.45, 7) is 2.96. The molecule has 0 spiro atoms. The summed E-state index contributed by atoms with van der Waals surface area (Å²) >= 11 is 1.45. The number of esters is 1. The second-order valence-corrected chi connectivity index (χ2v) is 5.48. The summed E-state index contributed by atoms with van der Waals surface area (Å²) in [5.74, 6) is 1.03. The average Bonchev–Trinajstić information content (AvgIpc) is 2.88. The molecule has 0 amide bonds. The summed E-state index contributed by atoms with van der Waals surface area (Å²) in [7, 11) is 1.35. The van der Waals surface area contributed by atoms with Gasteiger partial charge in [0.15, 0.2) is 17.2 Å². The van der Waals surface area contributed by atoms with Crippen LogP contribution in [0.15, 0.2) is 18.2 Å². The Kier molecular flexibility index (Phi) is 3.31. The molecule has 5 nitrogen and oxygen atoms in total. The number of methoxy groups -OCH3 is 1. The van der Waals surface area contributed by atoms with Gasteiger partial charge in [0.2, 0.25) is 0 Å². The maximum absolute atomic E-state index is 11.6. The highest BCUT2D eigenvalue weighted by molar-refractivity contribution is 7.15. The van der Waals surface area contributed by atoms with E-state index in [1.54, 1.807) is 0 Å². The zero-order chi connectivity index (χ0) is 14.1. The van der Waals surface area contributed by atoms with Gasteiger partial charge in [-0.1, -0.05) is 0 Å². The maximum Gasteiger partial charge on any atom is 0.357 e. The third-order valence-corrected chi connectivity index (χ3v) is 3.98. The molecule has 0 aliphatic carbocycles. The van der Waals surface area contributed by atoms with Gasteiger partial charge in [-0.25, -0.2) is 9.78 Å². The average molecular weight is 291 g/mol. The lowest BCUT2D eigenvalue weighted by Crippen LogP contribution is -2.15. The molecule has 2 heterocycles. The van der Waals surface area contributed by atoms with Crippen LogP contribution in [-0.4, -0.2) is 31.3 Å². The lowest BCUT2D eigenvalue weighted by molar-refractivity contribution is 0.0594. The minimum Gasteiger partial charge on any atom is -0.486 e. The summed E-state index contributed by atoms with van der Waals surface area (Å²) in [5.41, 5.74) is 1.26. The largest absolute Gasteiger partial charge is 0.486 e. The monoisotopic (exact) mass is 291 g/mol. The van der Waals surface area contributed by atoms with Gasteiger partial charge < -0.3 is 14.2 Å². The highest BCUT2D eigenvalue weighted by Gasteiger charge is 2.18. The highest BCUT2D eigenvalue weighted by atomic mass is 32.1. The second kappa shape index (κ2) is 5.13. The molecule has 0 saturated heterocycles. The normalized spacial score (nSPS) is 13.1. The Balaban J connectivity index is 1.99. The molecule has 0 atom stereocenters. The van der Waals surface area contributed by atoms with Gasteiger partial charge in [-0.05, 0) is 25.1 Å². The van der Waals surface area contributed by atoms with E-state index < -0.39 is 5.97 Å². The first-order valence-electron chi connectivity index (χ1n) is 6.15. The van der Waals surface area contributed by atoms with Crippen LogP contribution < -0.4 is 9.47 Å². The Morgan fingerprint density at radius 1 is 1.30 bits per heavy atom. The van der Waals surface area contributed by atoms with Gasteiger partial charge in [-0.2, -0.15) is 0 Å². The van der Waals surface area contributed by atoms with Crippen molar-refractivity contribution in [2.24, 2.45) is 0 Å². The van der Waals surface area contributed by atoms with Crippen LogP contribution in [0.25, 0.3) is 10.6 Å². The standard InChI is InChI=1S/C14H13NO4S/c1-8-12(14(16)17-2)15-13(20-8)9-3-4-10-11(7-9)19-6-5-18-10/h3-4,7H,5-6H2,1-2H3. The number of thiazole rings is 1. The minimum atomic E-state index is -0.414. The molecule has 1 aromatic carbocycles. The summed E-state index contributed by atoms with van der Waals surface area (Å²) in [6.07, 6.45) is 0. The number of fused-ring (bicyclic) bond motifs is 1. The van der Waals surface area contributed by atoms with Crippen LogP contribution in [0.4, 0.5) is 0 Å². The summed E-state index contributed by atoms with van der Waals surface area (Å²) in [6, 6.07) is 5.65. The van der Waals surface area contributed by atoms with Crippen LogP contribution >= 0.6 is 11.3 Å². The van der Waals surface area contributed by atoms with E-state index >= 15 is 0 Å². The lowest BCUT2D eigenvalue weighted by atomic mass is 10.2. The van der Waals surface area contributed by atoms with Crippen molar-refractivity contribution in [3.05, 3.63) is 28.8 Å². The molecular weight excluding hydrogens is 278 g/mol. The number of hydrogen-bond donors (Lipinski definition) is 0. The predicted molar refractivity (Wildman–Crippen MR) is 74.6 cm³/mol. The molecule has 2 aromatic rings. The number of aryl methyl sites for hydroxylation is 1. The number of ether oxygens (including phenoxy) is 3. The van der Waals surface area contributed by atoms with Crippen molar-refractivity contribution in [3.8, 4) is 22.1 Å². The minimum absolute atomic E-state index is 0.363. The molecule has 0 bridgehead atoms. The van der Waals surface area contributed by atoms with Crippen molar-refractivity contribution in [2.45, 2.75) is 6.92 Å². The summed E-state index contributed by atoms with van der Waals surface area (Å²) in [4.78, 5) is 16.8. The number of nitrogens with zero attached hydrogens (tertiary/aromatic N) is 1. The van der Waals surface area contributed by atoms with Gasteiger partial charge in [0.05, 0.1) is 7.11 Å². The molecule has 0 radical (unpaired) electrons. The smallest absolute Gasteiger partial charge is 0.357 e.